The summed E-state index contributed by atoms with van der Waals surface area (Å²) in [5.74, 6) is -1.28. The van der Waals surface area contributed by atoms with Gasteiger partial charge in [0.15, 0.2) is 6.61 Å². The number of hydrogen-bond donors (Lipinski definition) is 1. The number of imide groups is 1. The Kier molecular flexibility index (Phi) is 7.50. The van der Waals surface area contributed by atoms with E-state index in [2.05, 4.69) is 10.1 Å². The minimum absolute atomic E-state index is 0.0229. The van der Waals surface area contributed by atoms with Crippen LogP contribution in [-0.2, 0) is 20.9 Å². The van der Waals surface area contributed by atoms with Crippen LogP contribution >= 0.6 is 11.8 Å². The third-order valence-electron chi connectivity index (χ3n) is 4.91. The van der Waals surface area contributed by atoms with Crippen molar-refractivity contribution in [2.45, 2.75) is 6.54 Å². The second-order valence-electron chi connectivity index (χ2n) is 7.44. The number of anilines is 1. The van der Waals surface area contributed by atoms with Gasteiger partial charge in [0.05, 0.1) is 18.6 Å². The number of carbonyl (C=O) groups excluding carboxylic acids is 4. The van der Waals surface area contributed by atoms with E-state index in [4.69, 9.17) is 9.15 Å². The van der Waals surface area contributed by atoms with E-state index >= 15 is 0 Å². The molecule has 0 atom stereocenters. The zero-order valence-corrected chi connectivity index (χ0v) is 19.7. The van der Waals surface area contributed by atoms with Gasteiger partial charge in [0.1, 0.15) is 17.3 Å². The van der Waals surface area contributed by atoms with Crippen LogP contribution in [0.3, 0.4) is 0 Å². The van der Waals surface area contributed by atoms with Crippen LogP contribution in [0.15, 0.2) is 70.0 Å². The molecule has 3 amide bonds. The Bertz CT molecular complexity index is 1330. The molecule has 0 aliphatic carbocycles. The van der Waals surface area contributed by atoms with Crippen LogP contribution in [0.4, 0.5) is 14.9 Å². The molecule has 4 rings (SSSR count). The second kappa shape index (κ2) is 10.9. The molecule has 0 radical (unpaired) electrons. The Balaban J connectivity index is 1.33. The Morgan fingerprint density at radius 1 is 1.06 bits per heavy atom. The molecule has 1 fully saturated rings. The molecule has 0 bridgehead atoms. The number of furan rings is 1. The zero-order valence-electron chi connectivity index (χ0n) is 18.9. The van der Waals surface area contributed by atoms with Crippen LogP contribution in [0.2, 0.25) is 0 Å². The van der Waals surface area contributed by atoms with Crippen molar-refractivity contribution in [3.8, 4) is 5.75 Å². The van der Waals surface area contributed by atoms with E-state index in [0.717, 1.165) is 16.7 Å². The highest BCUT2D eigenvalue weighted by Gasteiger charge is 2.35. The lowest BCUT2D eigenvalue weighted by molar-refractivity contribution is -0.123. The summed E-state index contributed by atoms with van der Waals surface area (Å²) in [6.07, 6.45) is 1.57. The Hall–Kier alpha value is -4.38. The topological polar surface area (TPSA) is 115 Å². The number of benzene rings is 2. The fourth-order valence-electron chi connectivity index (χ4n) is 3.16. The Morgan fingerprint density at radius 3 is 2.47 bits per heavy atom. The Labute approximate surface area is 208 Å². The van der Waals surface area contributed by atoms with Crippen LogP contribution in [0.1, 0.15) is 21.9 Å². The quantitative estimate of drug-likeness (QED) is 0.349. The molecule has 3 aromatic rings. The van der Waals surface area contributed by atoms with Gasteiger partial charge in [0.25, 0.3) is 17.1 Å². The summed E-state index contributed by atoms with van der Waals surface area (Å²) < 4.78 is 28.3. The number of ether oxygens (including phenoxy) is 2. The molecule has 11 heteroatoms. The van der Waals surface area contributed by atoms with Gasteiger partial charge in [-0.15, -0.1) is 0 Å². The van der Waals surface area contributed by atoms with E-state index < -0.39 is 28.8 Å². The lowest BCUT2D eigenvalue weighted by atomic mass is 10.2. The largest absolute Gasteiger partial charge is 0.484 e. The first-order chi connectivity index (χ1) is 17.3. The minimum Gasteiger partial charge on any atom is -0.484 e. The number of methoxy groups -OCH3 is 1. The van der Waals surface area contributed by atoms with Crippen molar-refractivity contribution in [1.82, 2.24) is 4.90 Å². The lowest BCUT2D eigenvalue weighted by Gasteiger charge is -2.10. The van der Waals surface area contributed by atoms with Gasteiger partial charge in [-0.05, 0) is 71.9 Å². The second-order valence-corrected chi connectivity index (χ2v) is 8.43. The molecule has 0 saturated carbocycles. The number of amides is 3. The number of nitrogens with zero attached hydrogens (tertiary/aromatic N) is 1. The summed E-state index contributed by atoms with van der Waals surface area (Å²) in [6, 6.07) is 14.9. The maximum atomic E-state index is 12.9. The maximum Gasteiger partial charge on any atom is 0.373 e. The molecule has 1 aliphatic rings. The number of carbonyl (C=O) groups is 4. The van der Waals surface area contributed by atoms with Crippen molar-refractivity contribution in [1.29, 1.82) is 0 Å². The molecule has 2 heterocycles. The van der Waals surface area contributed by atoms with Gasteiger partial charge in [0.2, 0.25) is 5.76 Å². The fourth-order valence-corrected chi connectivity index (χ4v) is 3.99. The number of thioether (sulfide) groups is 1. The molecule has 1 aromatic heterocycles. The van der Waals surface area contributed by atoms with Crippen LogP contribution in [0, 0.1) is 5.82 Å². The van der Waals surface area contributed by atoms with Gasteiger partial charge in [-0.3, -0.25) is 19.3 Å². The first-order valence-electron chi connectivity index (χ1n) is 10.5. The van der Waals surface area contributed by atoms with Gasteiger partial charge < -0.3 is 19.2 Å². The van der Waals surface area contributed by atoms with Gasteiger partial charge in [-0.2, -0.15) is 0 Å². The highest BCUT2D eigenvalue weighted by Crippen LogP contribution is 2.33. The lowest BCUT2D eigenvalue weighted by Crippen LogP contribution is -2.27. The average Bonchev–Trinajstić information content (AvgIpc) is 3.45. The van der Waals surface area contributed by atoms with Crippen LogP contribution < -0.4 is 10.1 Å². The zero-order chi connectivity index (χ0) is 25.7. The molecular weight excluding hydrogens is 491 g/mol. The van der Waals surface area contributed by atoms with E-state index in [1.165, 1.54) is 43.5 Å². The molecular formula is C25H19FN2O7S. The van der Waals surface area contributed by atoms with Crippen molar-refractivity contribution in [2.24, 2.45) is 0 Å². The highest BCUT2D eigenvalue weighted by atomic mass is 32.2. The van der Waals surface area contributed by atoms with Crippen LogP contribution in [-0.4, -0.2) is 41.6 Å². The average molecular weight is 510 g/mol. The molecule has 1 aliphatic heterocycles. The molecule has 2 aromatic carbocycles. The van der Waals surface area contributed by atoms with Crippen molar-refractivity contribution in [3.63, 3.8) is 0 Å². The molecule has 36 heavy (non-hydrogen) atoms. The SMILES string of the molecule is COC(=O)c1ccc(CN2C(=O)S/C(=C/c3ccc(OCC(=O)Nc4ccc(F)cc4)cc3)C2=O)o1. The number of rotatable bonds is 8. The molecule has 9 nitrogen and oxygen atoms in total. The van der Waals surface area contributed by atoms with E-state index in [9.17, 15) is 23.6 Å². The predicted molar refractivity (Wildman–Crippen MR) is 129 cm³/mol. The van der Waals surface area contributed by atoms with E-state index in [1.807, 2.05) is 0 Å². The monoisotopic (exact) mass is 510 g/mol. The smallest absolute Gasteiger partial charge is 0.373 e. The molecule has 1 saturated heterocycles. The van der Waals surface area contributed by atoms with Crippen LogP contribution in [0.5, 0.6) is 5.75 Å². The molecule has 184 valence electrons. The first kappa shape index (κ1) is 24.7. The van der Waals surface area contributed by atoms with Gasteiger partial charge >= 0.3 is 5.97 Å². The van der Waals surface area contributed by atoms with Crippen LogP contribution in [0.25, 0.3) is 6.08 Å². The number of esters is 1. The summed E-state index contributed by atoms with van der Waals surface area (Å²) in [7, 11) is 1.22. The summed E-state index contributed by atoms with van der Waals surface area (Å²) >= 11 is 0.791. The van der Waals surface area contributed by atoms with Crippen molar-refractivity contribution >= 4 is 46.5 Å². The van der Waals surface area contributed by atoms with Gasteiger partial charge in [-0.1, -0.05) is 12.1 Å². The number of halogens is 1. The normalized spacial score (nSPS) is 14.3. The van der Waals surface area contributed by atoms with E-state index in [-0.39, 0.29) is 29.6 Å². The Morgan fingerprint density at radius 2 is 1.78 bits per heavy atom. The minimum atomic E-state index is -0.656. The van der Waals surface area contributed by atoms with E-state index in [0.29, 0.717) is 17.0 Å². The molecule has 0 unspecified atom stereocenters. The fraction of sp³-hybridized carbons (Fsp3) is 0.120. The highest BCUT2D eigenvalue weighted by molar-refractivity contribution is 8.18. The third kappa shape index (κ3) is 5.99. The summed E-state index contributed by atoms with van der Waals surface area (Å²) in [5, 5.41) is 2.13. The van der Waals surface area contributed by atoms with Gasteiger partial charge in [-0.25, -0.2) is 9.18 Å². The van der Waals surface area contributed by atoms with Crippen molar-refractivity contribution in [2.75, 3.05) is 19.0 Å². The number of hydrogen-bond acceptors (Lipinski definition) is 8. The van der Waals surface area contributed by atoms with Crippen molar-refractivity contribution in [3.05, 3.63) is 88.5 Å². The molecule has 1 N–H and O–H groups in total. The maximum absolute atomic E-state index is 12.9. The van der Waals surface area contributed by atoms with E-state index in [1.54, 1.807) is 30.3 Å². The summed E-state index contributed by atoms with van der Waals surface area (Å²) in [4.78, 5) is 49.8. The summed E-state index contributed by atoms with van der Waals surface area (Å²) in [6.45, 7) is -0.369. The first-order valence-corrected chi connectivity index (χ1v) is 11.3. The predicted octanol–water partition coefficient (Wildman–Crippen LogP) is 4.46. The van der Waals surface area contributed by atoms with Crippen molar-refractivity contribution < 1.29 is 37.5 Å². The summed E-state index contributed by atoms with van der Waals surface area (Å²) in [5.41, 5.74) is 1.10. The number of nitrogens with one attached hydrogen (secondary N) is 1. The van der Waals surface area contributed by atoms with Gasteiger partial charge in [0, 0.05) is 5.69 Å². The molecule has 0 spiro atoms. The standard InChI is InChI=1S/C25H19FN2O7S/c1-33-24(31)20-11-10-19(35-20)13-28-23(30)21(36-25(28)32)12-15-2-8-18(9-3-15)34-14-22(29)27-17-6-4-16(26)5-7-17/h2-12H,13-14H2,1H3,(H,27,29)/b21-12+. The third-order valence-corrected chi connectivity index (χ3v) is 5.82.